The zero-order chi connectivity index (χ0) is 19.3. The maximum absolute atomic E-state index is 2.81. The molecule has 0 radical (unpaired) electrons. The van der Waals surface area contributed by atoms with Crippen LogP contribution in [0.1, 0.15) is 85.1 Å². The van der Waals surface area contributed by atoms with Crippen LogP contribution in [0, 0.1) is 22.2 Å². The van der Waals surface area contributed by atoms with Gasteiger partial charge in [0.1, 0.15) is 0 Å². The van der Waals surface area contributed by atoms with Crippen LogP contribution in [-0.4, -0.2) is 24.5 Å². The van der Waals surface area contributed by atoms with Crippen molar-refractivity contribution >= 4 is 0 Å². The van der Waals surface area contributed by atoms with Crippen molar-refractivity contribution in [1.29, 1.82) is 0 Å². The van der Waals surface area contributed by atoms with Crippen molar-refractivity contribution in [1.82, 2.24) is 4.90 Å². The van der Waals surface area contributed by atoms with Gasteiger partial charge in [-0.2, -0.15) is 0 Å². The third-order valence-electron chi connectivity index (χ3n) is 7.95. The Bertz CT molecular complexity index is 654. The third kappa shape index (κ3) is 4.00. The Hall–Kier alpha value is -0.820. The van der Waals surface area contributed by atoms with Crippen molar-refractivity contribution in [3.63, 3.8) is 0 Å². The molecule has 1 nitrogen and oxygen atoms in total. The van der Waals surface area contributed by atoms with E-state index in [1.54, 1.807) is 5.56 Å². The maximum Gasteiger partial charge on any atom is 0.00360 e. The molecule has 1 aliphatic heterocycles. The lowest BCUT2D eigenvalue weighted by Crippen LogP contribution is -2.55. The minimum absolute atomic E-state index is 0.427. The normalized spacial score (nSPS) is 42.0. The molecule has 1 heterocycles. The van der Waals surface area contributed by atoms with Crippen LogP contribution in [0.2, 0.25) is 0 Å². The zero-order valence-electron chi connectivity index (χ0n) is 18.5. The van der Waals surface area contributed by atoms with Gasteiger partial charge in [-0.25, -0.2) is 0 Å². The van der Waals surface area contributed by atoms with E-state index in [2.05, 4.69) is 69.9 Å². The van der Waals surface area contributed by atoms with E-state index in [0.29, 0.717) is 21.7 Å². The molecule has 5 rings (SSSR count). The molecule has 27 heavy (non-hydrogen) atoms. The summed E-state index contributed by atoms with van der Waals surface area (Å²) in [6.45, 7) is 16.5. The smallest absolute Gasteiger partial charge is 0.00360 e. The van der Waals surface area contributed by atoms with E-state index < -0.39 is 0 Å². The minimum atomic E-state index is 0.427. The molecule has 3 aliphatic carbocycles. The molecule has 2 atom stereocenters. The molecule has 4 fully saturated rings. The van der Waals surface area contributed by atoms with Gasteiger partial charge in [0, 0.05) is 13.1 Å². The molecular formula is C26H41N. The first-order valence-corrected chi connectivity index (χ1v) is 11.4. The van der Waals surface area contributed by atoms with Crippen LogP contribution >= 0.6 is 0 Å². The Morgan fingerprint density at radius 2 is 1.67 bits per heavy atom. The predicted octanol–water partition coefficient (Wildman–Crippen LogP) is 6.67. The van der Waals surface area contributed by atoms with Crippen LogP contribution in [-0.2, 0) is 5.41 Å². The van der Waals surface area contributed by atoms with Crippen LogP contribution in [0.5, 0.6) is 0 Å². The van der Waals surface area contributed by atoms with E-state index in [4.69, 9.17) is 0 Å². The molecule has 3 saturated carbocycles. The SMILES string of the molecule is CC1CC(C)(CN2CCCC(C)(C)C2)CC2(c3ccccc3)CC(C)(C1)C2. The Morgan fingerprint density at radius 1 is 0.963 bits per heavy atom. The Labute approximate surface area is 167 Å². The van der Waals surface area contributed by atoms with Crippen molar-refractivity contribution in [2.45, 2.75) is 85.0 Å². The largest absolute Gasteiger partial charge is 0.302 e. The van der Waals surface area contributed by atoms with Crippen molar-refractivity contribution in [3.8, 4) is 0 Å². The summed E-state index contributed by atoms with van der Waals surface area (Å²) >= 11 is 0. The molecular weight excluding hydrogens is 326 g/mol. The summed E-state index contributed by atoms with van der Waals surface area (Å²) < 4.78 is 0. The molecule has 0 spiro atoms. The van der Waals surface area contributed by atoms with Gasteiger partial charge in [0.15, 0.2) is 0 Å². The van der Waals surface area contributed by atoms with Crippen LogP contribution in [0.25, 0.3) is 0 Å². The van der Waals surface area contributed by atoms with E-state index in [-0.39, 0.29) is 0 Å². The van der Waals surface area contributed by atoms with Gasteiger partial charge in [0.05, 0.1) is 0 Å². The highest BCUT2D eigenvalue weighted by molar-refractivity contribution is 5.31. The molecule has 1 aromatic carbocycles. The number of hydrogen-bond donors (Lipinski definition) is 0. The molecule has 1 aromatic rings. The second-order valence-electron chi connectivity index (χ2n) is 12.3. The maximum atomic E-state index is 2.81. The second kappa shape index (κ2) is 6.61. The average Bonchev–Trinajstić information content (AvgIpc) is 2.51. The standard InChI is InChI=1S/C26H41N/c1-21-14-24(4)16-26(17-24,22-10-7-6-8-11-22)18-25(5,15-21)20-27-13-9-12-23(2,3)19-27/h6-8,10-11,21H,9,12-20H2,1-5H3. The van der Waals surface area contributed by atoms with E-state index in [0.717, 1.165) is 5.92 Å². The number of fused-ring (bicyclic) bond motifs is 4. The lowest BCUT2D eigenvalue weighted by Gasteiger charge is -2.62. The van der Waals surface area contributed by atoms with Crippen LogP contribution in [0.3, 0.4) is 0 Å². The summed E-state index contributed by atoms with van der Waals surface area (Å²) in [5.74, 6) is 0.854. The van der Waals surface area contributed by atoms with Gasteiger partial charge in [0.25, 0.3) is 0 Å². The monoisotopic (exact) mass is 367 g/mol. The summed E-state index contributed by atoms with van der Waals surface area (Å²) in [6.07, 6.45) is 9.76. The number of benzene rings is 1. The van der Waals surface area contributed by atoms with Crippen molar-refractivity contribution in [2.24, 2.45) is 22.2 Å². The van der Waals surface area contributed by atoms with Crippen LogP contribution < -0.4 is 0 Å². The molecule has 1 saturated heterocycles. The summed E-state index contributed by atoms with van der Waals surface area (Å²) in [5, 5.41) is 0. The highest BCUT2D eigenvalue weighted by Crippen LogP contribution is 2.65. The molecule has 0 N–H and O–H groups in total. The Balaban J connectivity index is 1.59. The van der Waals surface area contributed by atoms with E-state index in [1.807, 2.05) is 0 Å². The van der Waals surface area contributed by atoms with E-state index in [1.165, 1.54) is 64.6 Å². The summed E-state index contributed by atoms with van der Waals surface area (Å²) in [5.41, 5.74) is 3.54. The number of nitrogens with zero attached hydrogens (tertiary/aromatic N) is 1. The molecule has 2 bridgehead atoms. The van der Waals surface area contributed by atoms with Gasteiger partial charge >= 0.3 is 0 Å². The number of piperidine rings is 1. The first-order valence-electron chi connectivity index (χ1n) is 11.4. The zero-order valence-corrected chi connectivity index (χ0v) is 18.5. The molecule has 2 unspecified atom stereocenters. The number of likely N-dealkylation sites (tertiary alicyclic amines) is 1. The van der Waals surface area contributed by atoms with Gasteiger partial charge in [-0.1, -0.05) is 65.0 Å². The van der Waals surface area contributed by atoms with Gasteiger partial charge in [-0.05, 0) is 84.6 Å². The van der Waals surface area contributed by atoms with Crippen molar-refractivity contribution in [2.75, 3.05) is 19.6 Å². The molecule has 0 aromatic heterocycles. The highest BCUT2D eigenvalue weighted by atomic mass is 15.1. The van der Waals surface area contributed by atoms with Gasteiger partial charge in [0.2, 0.25) is 0 Å². The third-order valence-corrected chi connectivity index (χ3v) is 7.95. The van der Waals surface area contributed by atoms with E-state index in [9.17, 15) is 0 Å². The number of hydrogen-bond acceptors (Lipinski definition) is 1. The Kier molecular flexibility index (Phi) is 4.78. The summed E-state index contributed by atoms with van der Waals surface area (Å²) in [7, 11) is 0. The molecule has 0 amide bonds. The molecule has 150 valence electrons. The predicted molar refractivity (Wildman–Crippen MR) is 116 cm³/mol. The fourth-order valence-electron chi connectivity index (χ4n) is 7.93. The van der Waals surface area contributed by atoms with Crippen LogP contribution in [0.4, 0.5) is 0 Å². The van der Waals surface area contributed by atoms with Crippen LogP contribution in [0.15, 0.2) is 30.3 Å². The summed E-state index contributed by atoms with van der Waals surface area (Å²) in [4.78, 5) is 2.81. The fourth-order valence-corrected chi connectivity index (χ4v) is 7.93. The minimum Gasteiger partial charge on any atom is -0.302 e. The van der Waals surface area contributed by atoms with Crippen molar-refractivity contribution < 1.29 is 0 Å². The van der Waals surface area contributed by atoms with Crippen molar-refractivity contribution in [3.05, 3.63) is 35.9 Å². The summed E-state index contributed by atoms with van der Waals surface area (Å²) in [6, 6.07) is 11.5. The number of rotatable bonds is 3. The first-order chi connectivity index (χ1) is 12.6. The van der Waals surface area contributed by atoms with Gasteiger partial charge < -0.3 is 4.90 Å². The van der Waals surface area contributed by atoms with Gasteiger partial charge in [-0.15, -0.1) is 0 Å². The second-order valence-corrected chi connectivity index (χ2v) is 12.3. The molecule has 4 aliphatic rings. The lowest BCUT2D eigenvalue weighted by molar-refractivity contribution is -0.0594. The average molecular weight is 368 g/mol. The van der Waals surface area contributed by atoms with E-state index >= 15 is 0 Å². The molecule has 1 heteroatoms. The topological polar surface area (TPSA) is 3.24 Å². The quantitative estimate of drug-likeness (QED) is 0.576. The fraction of sp³-hybridized carbons (Fsp3) is 0.769. The highest BCUT2D eigenvalue weighted by Gasteiger charge is 2.57. The Morgan fingerprint density at radius 3 is 2.33 bits per heavy atom. The lowest BCUT2D eigenvalue weighted by atomic mass is 9.43. The van der Waals surface area contributed by atoms with Gasteiger partial charge in [-0.3, -0.25) is 0 Å². The first kappa shape index (κ1) is 19.5.